The molecule has 36 heavy (non-hydrogen) atoms. The molecule has 1 aromatic heterocycles. The van der Waals surface area contributed by atoms with E-state index >= 15 is 0 Å². The number of piperazine rings is 1. The highest BCUT2D eigenvalue weighted by Gasteiger charge is 2.36. The lowest BCUT2D eigenvalue weighted by atomic mass is 10.1. The molecule has 1 unspecified atom stereocenters. The summed E-state index contributed by atoms with van der Waals surface area (Å²) in [5.74, 6) is 3.24. The molecule has 0 spiro atoms. The van der Waals surface area contributed by atoms with Gasteiger partial charge in [0.05, 0.1) is 12.6 Å². The lowest BCUT2D eigenvalue weighted by Crippen LogP contribution is -2.53. The molecule has 0 bridgehead atoms. The van der Waals surface area contributed by atoms with Gasteiger partial charge in [0.2, 0.25) is 0 Å². The molecular formula is C27H40N6O3. The first-order valence-electron chi connectivity index (χ1n) is 13.3. The van der Waals surface area contributed by atoms with E-state index in [1.807, 2.05) is 31.3 Å². The van der Waals surface area contributed by atoms with Gasteiger partial charge in [-0.3, -0.25) is 4.90 Å². The number of benzene rings is 1. The first kappa shape index (κ1) is 25.2. The number of nitrogens with zero attached hydrogens (tertiary/aromatic N) is 4. The maximum atomic E-state index is 10.0. The van der Waals surface area contributed by atoms with Crippen LogP contribution in [0.1, 0.15) is 31.7 Å². The molecule has 0 radical (unpaired) electrons. The largest absolute Gasteiger partial charge is 0.491 e. The molecule has 1 aromatic carbocycles. The smallest absolute Gasteiger partial charge is 0.164 e. The number of aliphatic hydroxyl groups excluding tert-OH is 1. The Morgan fingerprint density at radius 3 is 2.81 bits per heavy atom. The van der Waals surface area contributed by atoms with Gasteiger partial charge in [-0.15, -0.1) is 0 Å². The Labute approximate surface area is 214 Å². The molecule has 196 valence electrons. The Balaban J connectivity index is 1.42. The molecule has 1 aliphatic carbocycles. The van der Waals surface area contributed by atoms with Crippen molar-refractivity contribution in [2.24, 2.45) is 0 Å². The van der Waals surface area contributed by atoms with Crippen LogP contribution >= 0.6 is 0 Å². The van der Waals surface area contributed by atoms with E-state index in [0.717, 1.165) is 61.5 Å². The fourth-order valence-electron chi connectivity index (χ4n) is 5.25. The predicted molar refractivity (Wildman–Crippen MR) is 142 cm³/mol. The summed E-state index contributed by atoms with van der Waals surface area (Å²) in [6.07, 6.45) is 3.08. The SMILES string of the molecule is CNCC(O)COc1cccc(-c2nc(N[C@@H]3CCOC3)c(C)c(N3CCN(C4CC4)[C@H](C)C3)n2)c1. The van der Waals surface area contributed by atoms with E-state index in [1.54, 1.807) is 0 Å². The van der Waals surface area contributed by atoms with Gasteiger partial charge in [-0.25, -0.2) is 9.97 Å². The van der Waals surface area contributed by atoms with Crippen LogP contribution in [0, 0.1) is 6.92 Å². The average molecular weight is 497 g/mol. The Morgan fingerprint density at radius 1 is 1.22 bits per heavy atom. The summed E-state index contributed by atoms with van der Waals surface area (Å²) >= 11 is 0. The highest BCUT2D eigenvalue weighted by atomic mass is 16.5. The average Bonchev–Trinajstić information content (AvgIpc) is 3.59. The molecule has 3 heterocycles. The Kier molecular flexibility index (Phi) is 7.90. The molecule has 3 atom stereocenters. The van der Waals surface area contributed by atoms with Crippen molar-refractivity contribution < 1.29 is 14.6 Å². The van der Waals surface area contributed by atoms with Crippen molar-refractivity contribution in [1.82, 2.24) is 20.2 Å². The zero-order valence-electron chi connectivity index (χ0n) is 21.7. The molecule has 2 saturated heterocycles. The minimum absolute atomic E-state index is 0.224. The summed E-state index contributed by atoms with van der Waals surface area (Å²) in [4.78, 5) is 15.2. The van der Waals surface area contributed by atoms with Crippen LogP contribution in [-0.2, 0) is 4.74 Å². The van der Waals surface area contributed by atoms with Crippen molar-refractivity contribution in [3.63, 3.8) is 0 Å². The van der Waals surface area contributed by atoms with Gasteiger partial charge >= 0.3 is 0 Å². The van der Waals surface area contributed by atoms with E-state index in [1.165, 1.54) is 12.8 Å². The van der Waals surface area contributed by atoms with E-state index in [0.29, 0.717) is 30.8 Å². The van der Waals surface area contributed by atoms with Crippen molar-refractivity contribution >= 4 is 11.6 Å². The number of hydrogen-bond donors (Lipinski definition) is 3. The molecular weight excluding hydrogens is 456 g/mol. The molecule has 3 fully saturated rings. The monoisotopic (exact) mass is 496 g/mol. The number of likely N-dealkylation sites (N-methyl/N-ethyl adjacent to an activating group) is 1. The summed E-state index contributed by atoms with van der Waals surface area (Å²) in [5, 5.41) is 16.6. The van der Waals surface area contributed by atoms with Gasteiger partial charge in [-0.05, 0) is 52.3 Å². The summed E-state index contributed by atoms with van der Waals surface area (Å²) in [6, 6.07) is 9.36. The molecule has 5 rings (SSSR count). The molecule has 2 aliphatic heterocycles. The van der Waals surface area contributed by atoms with Crippen LogP contribution < -0.4 is 20.3 Å². The maximum Gasteiger partial charge on any atom is 0.164 e. The van der Waals surface area contributed by atoms with Gasteiger partial charge in [0.1, 0.15) is 30.1 Å². The van der Waals surface area contributed by atoms with Crippen LogP contribution in [0.15, 0.2) is 24.3 Å². The number of hydrogen-bond acceptors (Lipinski definition) is 9. The van der Waals surface area contributed by atoms with Gasteiger partial charge in [0, 0.05) is 56.0 Å². The topological polar surface area (TPSA) is 95.0 Å². The Morgan fingerprint density at radius 2 is 2.08 bits per heavy atom. The zero-order chi connectivity index (χ0) is 25.1. The van der Waals surface area contributed by atoms with E-state index in [4.69, 9.17) is 19.4 Å². The van der Waals surface area contributed by atoms with Gasteiger partial charge in [-0.2, -0.15) is 0 Å². The van der Waals surface area contributed by atoms with Crippen LogP contribution in [0.2, 0.25) is 0 Å². The first-order valence-corrected chi connectivity index (χ1v) is 13.3. The quantitative estimate of drug-likeness (QED) is 0.458. The van der Waals surface area contributed by atoms with Gasteiger partial charge in [0.15, 0.2) is 5.82 Å². The lowest BCUT2D eigenvalue weighted by Gasteiger charge is -2.41. The van der Waals surface area contributed by atoms with E-state index in [9.17, 15) is 5.11 Å². The zero-order valence-corrected chi connectivity index (χ0v) is 21.7. The molecule has 1 saturated carbocycles. The number of anilines is 2. The fourth-order valence-corrected chi connectivity index (χ4v) is 5.25. The fraction of sp³-hybridized carbons (Fsp3) is 0.630. The first-order chi connectivity index (χ1) is 17.5. The third-order valence-corrected chi connectivity index (χ3v) is 7.36. The lowest BCUT2D eigenvalue weighted by molar-refractivity contribution is 0.108. The van der Waals surface area contributed by atoms with Gasteiger partial charge in [-0.1, -0.05) is 12.1 Å². The normalized spacial score (nSPS) is 23.6. The third-order valence-electron chi connectivity index (χ3n) is 7.36. The number of aromatic nitrogens is 2. The molecule has 0 amide bonds. The van der Waals surface area contributed by atoms with E-state index < -0.39 is 6.10 Å². The van der Waals surface area contributed by atoms with Crippen LogP contribution in [0.3, 0.4) is 0 Å². The summed E-state index contributed by atoms with van der Waals surface area (Å²) in [6.45, 7) is 9.64. The molecule has 3 aliphatic rings. The predicted octanol–water partition coefficient (Wildman–Crippen LogP) is 2.28. The van der Waals surface area contributed by atoms with Crippen molar-refractivity contribution in [2.45, 2.75) is 57.3 Å². The number of nitrogens with one attached hydrogen (secondary N) is 2. The summed E-state index contributed by atoms with van der Waals surface area (Å²) < 4.78 is 11.5. The second kappa shape index (κ2) is 11.3. The number of rotatable bonds is 10. The van der Waals surface area contributed by atoms with Crippen molar-refractivity contribution in [3.8, 4) is 17.1 Å². The third kappa shape index (κ3) is 5.91. The van der Waals surface area contributed by atoms with Crippen LogP contribution in [0.5, 0.6) is 5.75 Å². The second-order valence-electron chi connectivity index (χ2n) is 10.4. The van der Waals surface area contributed by atoms with Crippen LogP contribution in [0.4, 0.5) is 11.6 Å². The summed E-state index contributed by atoms with van der Waals surface area (Å²) in [5.41, 5.74) is 1.98. The maximum absolute atomic E-state index is 10.0. The second-order valence-corrected chi connectivity index (χ2v) is 10.4. The van der Waals surface area contributed by atoms with Crippen LogP contribution in [-0.4, -0.2) is 97.3 Å². The Hall–Kier alpha value is -2.46. The summed E-state index contributed by atoms with van der Waals surface area (Å²) in [7, 11) is 1.81. The number of aliphatic hydroxyl groups is 1. The van der Waals surface area contributed by atoms with Gasteiger partial charge in [0.25, 0.3) is 0 Å². The molecule has 9 nitrogen and oxygen atoms in total. The highest BCUT2D eigenvalue weighted by Crippen LogP contribution is 2.34. The number of ether oxygens (including phenoxy) is 2. The van der Waals surface area contributed by atoms with E-state index in [-0.39, 0.29) is 12.6 Å². The standard InChI is InChI=1S/C27H40N6O3/c1-18-15-32(10-11-33(18)22-7-8-22)27-19(2)25(29-21-9-12-35-16-21)30-26(31-27)20-5-4-6-24(13-20)36-17-23(34)14-28-3/h4-6,13,18,21-23,28,34H,7-12,14-17H2,1-3H3,(H,29,30,31)/t18-,21-,23?/m1/s1. The minimum Gasteiger partial charge on any atom is -0.491 e. The Bertz CT molecular complexity index is 1030. The van der Waals surface area contributed by atoms with Crippen molar-refractivity contribution in [1.29, 1.82) is 0 Å². The minimum atomic E-state index is -0.568. The van der Waals surface area contributed by atoms with E-state index in [2.05, 4.69) is 34.3 Å². The molecule has 9 heteroatoms. The van der Waals surface area contributed by atoms with Gasteiger partial charge < -0.3 is 30.1 Å². The van der Waals surface area contributed by atoms with Crippen LogP contribution in [0.25, 0.3) is 11.4 Å². The van der Waals surface area contributed by atoms with Crippen molar-refractivity contribution in [2.75, 3.05) is 63.3 Å². The van der Waals surface area contributed by atoms with Crippen molar-refractivity contribution in [3.05, 3.63) is 29.8 Å². The molecule has 3 N–H and O–H groups in total. The highest BCUT2D eigenvalue weighted by molar-refractivity contribution is 5.67. The molecule has 2 aromatic rings.